The normalized spacial score (nSPS) is 10.6. The van der Waals surface area contributed by atoms with Gasteiger partial charge in [0.1, 0.15) is 0 Å². The van der Waals surface area contributed by atoms with Crippen molar-refractivity contribution in [1.29, 1.82) is 0 Å². The van der Waals surface area contributed by atoms with Gasteiger partial charge in [-0.1, -0.05) is 13.3 Å². The van der Waals surface area contributed by atoms with Gasteiger partial charge in [-0.3, -0.25) is 0 Å². The summed E-state index contributed by atoms with van der Waals surface area (Å²) in [5.41, 5.74) is 0. The van der Waals surface area contributed by atoms with Crippen LogP contribution in [0.15, 0.2) is 0 Å². The third kappa shape index (κ3) is 761. The second kappa shape index (κ2) is 17.6. The van der Waals surface area contributed by atoms with E-state index in [0.29, 0.717) is 6.61 Å². The monoisotopic (exact) mass is 392 g/mol. The molecule has 0 aromatic carbocycles. The second-order valence-electron chi connectivity index (χ2n) is 7.59. The van der Waals surface area contributed by atoms with Crippen LogP contribution in [0.4, 0.5) is 0 Å². The molecule has 0 unspecified atom stereocenters. The van der Waals surface area contributed by atoms with Crippen LogP contribution >= 0.6 is 0 Å². The van der Waals surface area contributed by atoms with E-state index in [0.717, 1.165) is 12.8 Å². The van der Waals surface area contributed by atoms with Crippen molar-refractivity contribution in [3.8, 4) is 0 Å². The van der Waals surface area contributed by atoms with Crippen molar-refractivity contribution in [2.75, 3.05) is 6.61 Å². The molecule has 0 aromatic heterocycles. The summed E-state index contributed by atoms with van der Waals surface area (Å²) in [6, 6.07) is 0. The minimum absolute atomic E-state index is 0. The van der Waals surface area contributed by atoms with Crippen molar-refractivity contribution in [1.82, 2.24) is 0 Å². The Bertz CT molecular complexity index is 139. The zero-order chi connectivity index (χ0) is 17.6. The van der Waals surface area contributed by atoms with Gasteiger partial charge in [0.2, 0.25) is 0 Å². The van der Waals surface area contributed by atoms with Crippen molar-refractivity contribution in [2.24, 2.45) is 0 Å². The number of aliphatic hydroxyl groups is 1. The van der Waals surface area contributed by atoms with Crippen molar-refractivity contribution in [3.05, 3.63) is 0 Å². The molecule has 0 fully saturated rings. The molecule has 0 saturated carbocycles. The molecule has 0 saturated heterocycles. The molecule has 21 heavy (non-hydrogen) atoms. The molecule has 0 spiro atoms. The summed E-state index contributed by atoms with van der Waals surface area (Å²) in [6.45, 7) is 19.3. The fraction of sp³-hybridized carbons (Fsp3) is 1.00. The van der Waals surface area contributed by atoms with Crippen LogP contribution in [-0.4, -0.2) is 51.1 Å². The van der Waals surface area contributed by atoms with Crippen molar-refractivity contribution in [3.63, 3.8) is 0 Å². The Hall–Kier alpha value is 1.20. The smallest absolute Gasteiger partial charge is 0.179 e. The predicted molar refractivity (Wildman–Crippen MR) is 98.7 cm³/mol. The molecule has 0 heterocycles. The van der Waals surface area contributed by atoms with Crippen LogP contribution in [0.1, 0.15) is 19.8 Å². The molecule has 0 rings (SSSR count). The number of rotatable bonds is 2. The van der Waals surface area contributed by atoms with Crippen LogP contribution in [0.3, 0.4) is 0 Å². The van der Waals surface area contributed by atoms with Gasteiger partial charge < -0.3 is 19.5 Å². The molecule has 0 aromatic rings. The first-order valence-corrected chi connectivity index (χ1v) is 17.5. The zero-order valence-corrected chi connectivity index (χ0v) is 20.5. The maximum atomic E-state index is 8.66. The Morgan fingerprint density at radius 1 is 0.619 bits per heavy atom. The number of hydrogen-bond donors (Lipinski definition) is 4. The third-order valence-corrected chi connectivity index (χ3v) is 0.512. The van der Waals surface area contributed by atoms with E-state index in [-0.39, 0.29) is 21.7 Å². The fourth-order valence-corrected chi connectivity index (χ4v) is 0.158. The van der Waals surface area contributed by atoms with Gasteiger partial charge in [0.25, 0.3) is 0 Å². The Kier molecular flexibility index (Phi) is 28.2. The van der Waals surface area contributed by atoms with Crippen LogP contribution in [0.25, 0.3) is 0 Å². The van der Waals surface area contributed by atoms with E-state index in [9.17, 15) is 0 Å². The molecule has 0 aliphatic heterocycles. The first-order valence-electron chi connectivity index (χ1n) is 7.19. The number of aliphatic hydroxyl groups excluding tert-OH is 1. The van der Waals surface area contributed by atoms with Gasteiger partial charge in [0, 0.05) is 28.3 Å². The molecule has 0 radical (unpaired) electrons. The summed E-state index contributed by atoms with van der Waals surface area (Å²) in [7, 11) is -4.83. The largest absolute Gasteiger partial charge is 0.433 e. The van der Waals surface area contributed by atoms with Gasteiger partial charge in [0.15, 0.2) is 25.0 Å². The van der Waals surface area contributed by atoms with Crippen LogP contribution in [0, 0.1) is 0 Å². The minimum Gasteiger partial charge on any atom is -0.433 e. The van der Waals surface area contributed by atoms with E-state index >= 15 is 0 Å². The predicted octanol–water partition coefficient (Wildman–Crippen LogP) is 3.22. The quantitative estimate of drug-likeness (QED) is 0.544. The van der Waals surface area contributed by atoms with Gasteiger partial charge in [-0.15, -0.1) is 0 Å². The molecular weight excluding hydrogens is 352 g/mol. The maximum absolute atomic E-state index is 8.66. The molecule has 4 nitrogen and oxygen atoms in total. The fourth-order valence-electron chi connectivity index (χ4n) is 0.158. The first-order chi connectivity index (χ1) is 8.41. The maximum Gasteiger partial charge on any atom is 0.179 e. The van der Waals surface area contributed by atoms with Gasteiger partial charge in [-0.2, -0.15) is 0 Å². The van der Waals surface area contributed by atoms with E-state index in [1.165, 1.54) is 0 Å². The van der Waals surface area contributed by atoms with E-state index in [2.05, 4.69) is 6.92 Å². The van der Waals surface area contributed by atoms with E-state index < -0.39 is 25.0 Å². The Balaban J connectivity index is -0.0000000533. The van der Waals surface area contributed by atoms with E-state index in [4.69, 9.17) is 19.5 Å². The summed E-state index contributed by atoms with van der Waals surface area (Å²) in [4.78, 5) is 26.0. The Labute approximate surface area is 151 Å². The molecular formula is C13H40O4Si3Ti. The molecule has 4 N–H and O–H groups in total. The number of unbranched alkanes of at least 4 members (excludes halogenated alkanes) is 1. The van der Waals surface area contributed by atoms with Gasteiger partial charge in [-0.25, -0.2) is 0 Å². The summed E-state index contributed by atoms with van der Waals surface area (Å²) in [5.74, 6) is 0. The van der Waals surface area contributed by atoms with Gasteiger partial charge in [0.05, 0.1) is 0 Å². The van der Waals surface area contributed by atoms with Crippen LogP contribution < -0.4 is 0 Å². The number of hydrogen-bond acceptors (Lipinski definition) is 4. The standard InChI is InChI=1S/C4H10O.3C3H10OSi.Ti/c1-2-3-4-5;3*1-5(2,3)4;/h5H,2-4H2,1H3;3*4H,1-3H3;. The average molecular weight is 393 g/mol. The third-order valence-electron chi connectivity index (χ3n) is 0.512. The average Bonchev–Trinajstić information content (AvgIpc) is 1.94. The Morgan fingerprint density at radius 3 is 0.762 bits per heavy atom. The molecule has 0 aliphatic rings. The molecule has 132 valence electrons. The summed E-state index contributed by atoms with van der Waals surface area (Å²) in [6.07, 6.45) is 2.04. The van der Waals surface area contributed by atoms with E-state index in [1.807, 2.05) is 58.9 Å². The van der Waals surface area contributed by atoms with E-state index in [1.54, 1.807) is 0 Å². The van der Waals surface area contributed by atoms with Crippen molar-refractivity contribution < 1.29 is 41.2 Å². The molecule has 0 bridgehead atoms. The van der Waals surface area contributed by atoms with Gasteiger partial charge in [-0.05, 0) is 65.3 Å². The van der Waals surface area contributed by atoms with Crippen molar-refractivity contribution >= 4 is 25.0 Å². The van der Waals surface area contributed by atoms with Crippen LogP contribution in [-0.2, 0) is 21.7 Å². The molecule has 0 atom stereocenters. The SMILES string of the molecule is CCCCO.C[Si](C)(C)O.C[Si](C)(C)O.C[Si](C)(C)O.[Ti]. The minimum atomic E-state index is -1.61. The van der Waals surface area contributed by atoms with Crippen LogP contribution in [0.5, 0.6) is 0 Å². The summed E-state index contributed by atoms with van der Waals surface area (Å²) < 4.78 is 0. The molecule has 0 amide bonds. The van der Waals surface area contributed by atoms with Gasteiger partial charge >= 0.3 is 0 Å². The summed E-state index contributed by atoms with van der Waals surface area (Å²) in [5, 5.41) is 8.07. The van der Waals surface area contributed by atoms with Crippen LogP contribution in [0.2, 0.25) is 58.9 Å². The topological polar surface area (TPSA) is 80.9 Å². The second-order valence-corrected chi connectivity index (χ2v) is 20.6. The molecule has 0 aliphatic carbocycles. The molecule has 8 heteroatoms. The first kappa shape index (κ1) is 33.7. The zero-order valence-electron chi connectivity index (χ0n) is 15.9. The van der Waals surface area contributed by atoms with Crippen molar-refractivity contribution in [2.45, 2.75) is 78.7 Å². The Morgan fingerprint density at radius 2 is 0.762 bits per heavy atom. The summed E-state index contributed by atoms with van der Waals surface area (Å²) >= 11 is 0.